The highest BCUT2D eigenvalue weighted by atomic mass is 35.5. The van der Waals surface area contributed by atoms with Gasteiger partial charge in [-0.3, -0.25) is 9.20 Å². The number of aromatic nitrogens is 3. The molecule has 1 aliphatic rings. The largest absolute Gasteiger partial charge is 0.474 e. The Hall–Kier alpha value is -3.08. The summed E-state index contributed by atoms with van der Waals surface area (Å²) < 4.78 is 66.6. The molecule has 0 amide bonds. The minimum Gasteiger partial charge on any atom is -0.474 e. The lowest BCUT2D eigenvalue weighted by Gasteiger charge is -2.20. The maximum atomic E-state index is 15.0. The van der Waals surface area contributed by atoms with Crippen molar-refractivity contribution >= 4 is 23.3 Å². The van der Waals surface area contributed by atoms with Crippen LogP contribution in [-0.4, -0.2) is 32.6 Å². The Kier molecular flexibility index (Phi) is 4.35. The van der Waals surface area contributed by atoms with Crippen molar-refractivity contribution < 1.29 is 31.8 Å². The van der Waals surface area contributed by atoms with Crippen LogP contribution in [0.5, 0.6) is 5.75 Å². The molecule has 3 aromatic rings. The monoisotopic (exact) mass is 445 g/mol. The molecule has 1 atom stereocenters. The third-order valence-corrected chi connectivity index (χ3v) is 5.07. The van der Waals surface area contributed by atoms with Crippen LogP contribution in [0.3, 0.4) is 0 Å². The number of carbonyl (C=O) groups excluding carboxylic acids is 1. The summed E-state index contributed by atoms with van der Waals surface area (Å²) in [6.45, 7) is 1.39. The predicted molar refractivity (Wildman–Crippen MR) is 95.5 cm³/mol. The molecule has 0 N–H and O–H groups in total. The van der Waals surface area contributed by atoms with E-state index in [2.05, 4.69) is 4.98 Å². The van der Waals surface area contributed by atoms with Crippen LogP contribution >= 0.6 is 11.6 Å². The van der Waals surface area contributed by atoms with E-state index in [1.807, 2.05) is 0 Å². The van der Waals surface area contributed by atoms with Crippen molar-refractivity contribution in [3.05, 3.63) is 57.0 Å². The van der Waals surface area contributed by atoms with Crippen LogP contribution in [0, 0.1) is 5.82 Å². The van der Waals surface area contributed by atoms with Gasteiger partial charge in [0.2, 0.25) is 11.4 Å². The number of esters is 1. The van der Waals surface area contributed by atoms with E-state index in [-0.39, 0.29) is 22.8 Å². The van der Waals surface area contributed by atoms with E-state index < -0.39 is 46.3 Å². The summed E-state index contributed by atoms with van der Waals surface area (Å²) >= 11 is 6.06. The molecule has 1 aromatic carbocycles. The van der Waals surface area contributed by atoms with Gasteiger partial charge in [0.15, 0.2) is 0 Å². The van der Waals surface area contributed by atoms with Crippen molar-refractivity contribution in [2.45, 2.75) is 25.1 Å². The molecule has 3 heterocycles. The fourth-order valence-electron chi connectivity index (χ4n) is 3.51. The summed E-state index contributed by atoms with van der Waals surface area (Å²) in [4.78, 5) is 28.6. The van der Waals surface area contributed by atoms with Gasteiger partial charge in [-0.25, -0.2) is 18.7 Å². The first kappa shape index (κ1) is 20.2. The summed E-state index contributed by atoms with van der Waals surface area (Å²) in [5.41, 5.74) is -4.38. The Balaban J connectivity index is 2.04. The summed E-state index contributed by atoms with van der Waals surface area (Å²) in [6, 6.07) is 1.19. The van der Waals surface area contributed by atoms with Crippen molar-refractivity contribution in [2.24, 2.45) is 0 Å². The van der Waals surface area contributed by atoms with Gasteiger partial charge >= 0.3 is 12.1 Å². The number of nitrogens with zero attached hydrogens (tertiary/aromatic N) is 3. The third kappa shape index (κ3) is 2.83. The first-order valence-corrected chi connectivity index (χ1v) is 8.80. The Bertz CT molecular complexity index is 1270. The fraction of sp³-hybridized carbons (Fsp3) is 0.278. The molecule has 0 radical (unpaired) electrons. The highest BCUT2D eigenvalue weighted by molar-refractivity contribution is 6.32. The van der Waals surface area contributed by atoms with Gasteiger partial charge in [0.1, 0.15) is 17.3 Å². The summed E-state index contributed by atoms with van der Waals surface area (Å²) in [5, 5.41) is -0.168. The van der Waals surface area contributed by atoms with Crippen LogP contribution in [0.4, 0.5) is 17.6 Å². The number of halogens is 5. The van der Waals surface area contributed by atoms with Crippen LogP contribution in [0.25, 0.3) is 11.5 Å². The van der Waals surface area contributed by atoms with Gasteiger partial charge < -0.3 is 9.47 Å². The molecule has 4 rings (SSSR count). The molecular weight excluding hydrogens is 434 g/mol. The molecule has 0 saturated heterocycles. The smallest absolute Gasteiger partial charge is 0.432 e. The second-order valence-corrected chi connectivity index (χ2v) is 7.20. The van der Waals surface area contributed by atoms with E-state index in [4.69, 9.17) is 21.1 Å². The van der Waals surface area contributed by atoms with E-state index in [0.717, 1.165) is 25.6 Å². The minimum absolute atomic E-state index is 0.0275. The molecule has 0 aliphatic carbocycles. The number of benzene rings is 1. The highest BCUT2D eigenvalue weighted by Gasteiger charge is 2.46. The van der Waals surface area contributed by atoms with E-state index in [0.29, 0.717) is 15.0 Å². The van der Waals surface area contributed by atoms with Gasteiger partial charge in [-0.05, 0) is 13.0 Å². The van der Waals surface area contributed by atoms with E-state index in [1.54, 1.807) is 0 Å². The van der Waals surface area contributed by atoms with Crippen LogP contribution in [-0.2, 0) is 22.1 Å². The van der Waals surface area contributed by atoms with Crippen molar-refractivity contribution in [3.8, 4) is 11.4 Å². The number of imidazole rings is 1. The van der Waals surface area contributed by atoms with Crippen molar-refractivity contribution in [1.29, 1.82) is 0 Å². The van der Waals surface area contributed by atoms with Crippen molar-refractivity contribution in [1.82, 2.24) is 14.0 Å². The van der Waals surface area contributed by atoms with Crippen LogP contribution < -0.4 is 10.3 Å². The van der Waals surface area contributed by atoms with Crippen LogP contribution in [0.2, 0.25) is 5.02 Å². The lowest BCUT2D eigenvalue weighted by Crippen LogP contribution is -2.41. The number of rotatable bonds is 2. The van der Waals surface area contributed by atoms with Crippen LogP contribution in [0.15, 0.2) is 29.3 Å². The highest BCUT2D eigenvalue weighted by Crippen LogP contribution is 2.45. The summed E-state index contributed by atoms with van der Waals surface area (Å²) in [6.07, 6.45) is -3.03. The van der Waals surface area contributed by atoms with Gasteiger partial charge in [-0.15, -0.1) is 0 Å². The molecule has 30 heavy (non-hydrogen) atoms. The van der Waals surface area contributed by atoms with Crippen LogP contribution in [0.1, 0.15) is 18.2 Å². The molecule has 1 aliphatic heterocycles. The Morgan fingerprint density at radius 2 is 2.07 bits per heavy atom. The van der Waals surface area contributed by atoms with Gasteiger partial charge in [-0.2, -0.15) is 13.2 Å². The maximum absolute atomic E-state index is 15.0. The Morgan fingerprint density at radius 3 is 2.70 bits per heavy atom. The molecule has 0 saturated carbocycles. The maximum Gasteiger partial charge on any atom is 0.432 e. The molecule has 2 aromatic heterocycles. The molecule has 0 spiro atoms. The lowest BCUT2D eigenvalue weighted by molar-refractivity contribution is -0.156. The molecule has 7 nitrogen and oxygen atoms in total. The van der Waals surface area contributed by atoms with Gasteiger partial charge in [-0.1, -0.05) is 11.6 Å². The van der Waals surface area contributed by atoms with E-state index in [1.165, 1.54) is 6.92 Å². The summed E-state index contributed by atoms with van der Waals surface area (Å²) in [5.74, 6) is -2.31. The predicted octanol–water partition coefficient (Wildman–Crippen LogP) is 3.16. The standard InChI is InChI=1S/C18H12ClF4N3O4/c1-17(15(28)29-2)7-8-13(10(20)5-9(19)14(8)30-17)26-12(27)6-11(18(21,22)23)25-4-3-24-16(25)26/h3-6H,7H2,1-2H3. The normalized spacial score (nSPS) is 18.4. The number of hydrogen-bond acceptors (Lipinski definition) is 5. The number of methoxy groups -OCH3 is 1. The zero-order valence-electron chi connectivity index (χ0n) is 15.4. The first-order chi connectivity index (χ1) is 14.0. The fourth-order valence-corrected chi connectivity index (χ4v) is 3.76. The SMILES string of the molecule is COC(=O)C1(C)Cc2c(c(Cl)cc(F)c2-n2c(=O)cc(C(F)(F)F)n3ccnc23)O1. The average Bonchev–Trinajstić information content (AvgIpc) is 3.26. The molecule has 1 unspecified atom stereocenters. The van der Waals surface area contributed by atoms with Crippen molar-refractivity contribution in [2.75, 3.05) is 7.11 Å². The van der Waals surface area contributed by atoms with E-state index >= 15 is 0 Å². The molecular formula is C18H12ClF4N3O4. The minimum atomic E-state index is -4.84. The van der Waals surface area contributed by atoms with Crippen molar-refractivity contribution in [3.63, 3.8) is 0 Å². The third-order valence-electron chi connectivity index (χ3n) is 4.79. The van der Waals surface area contributed by atoms with Gasteiger partial charge in [0.25, 0.3) is 5.56 Å². The second kappa shape index (κ2) is 6.46. The number of carbonyl (C=O) groups is 1. The first-order valence-electron chi connectivity index (χ1n) is 8.43. The second-order valence-electron chi connectivity index (χ2n) is 6.80. The molecule has 12 heteroatoms. The number of ether oxygens (including phenoxy) is 2. The molecule has 158 valence electrons. The number of fused-ring (bicyclic) bond motifs is 2. The zero-order chi connectivity index (χ0) is 22.0. The van der Waals surface area contributed by atoms with Gasteiger partial charge in [0.05, 0.1) is 17.8 Å². The molecule has 0 bridgehead atoms. The average molecular weight is 446 g/mol. The Morgan fingerprint density at radius 1 is 1.37 bits per heavy atom. The number of hydrogen-bond donors (Lipinski definition) is 0. The molecule has 0 fully saturated rings. The van der Waals surface area contributed by atoms with Gasteiger partial charge in [0, 0.05) is 30.4 Å². The topological polar surface area (TPSA) is 74.8 Å². The quantitative estimate of drug-likeness (QED) is 0.447. The summed E-state index contributed by atoms with van der Waals surface area (Å²) in [7, 11) is 1.14. The zero-order valence-corrected chi connectivity index (χ0v) is 16.1. The lowest BCUT2D eigenvalue weighted by atomic mass is 9.98. The van der Waals surface area contributed by atoms with E-state index in [9.17, 15) is 27.2 Å². The number of alkyl halides is 3. The Labute approximate surface area is 170 Å².